The summed E-state index contributed by atoms with van der Waals surface area (Å²) in [6.07, 6.45) is 6.39. The predicted octanol–water partition coefficient (Wildman–Crippen LogP) is 4.94. The number of H-pyrrole nitrogens is 1. The van der Waals surface area contributed by atoms with Gasteiger partial charge in [-0.2, -0.15) is 5.26 Å². The topological polar surface area (TPSA) is 122 Å². The molecule has 0 aliphatic heterocycles. The summed E-state index contributed by atoms with van der Waals surface area (Å²) in [6, 6.07) is 15.4. The van der Waals surface area contributed by atoms with E-state index in [1.54, 1.807) is 25.6 Å². The van der Waals surface area contributed by atoms with Crippen LogP contribution in [0.4, 0.5) is 0 Å². The summed E-state index contributed by atoms with van der Waals surface area (Å²) in [5.74, 6) is 2.08. The minimum absolute atomic E-state index is 0.123. The average molecular weight is 513 g/mol. The number of methoxy groups -OCH3 is 1. The maximum atomic E-state index is 9.01. The lowest BCUT2D eigenvalue weighted by Crippen LogP contribution is -2.23. The molecular weight excluding hydrogens is 480 g/mol. The fourth-order valence-corrected chi connectivity index (χ4v) is 4.69. The summed E-state index contributed by atoms with van der Waals surface area (Å²) in [4.78, 5) is 12.4. The van der Waals surface area contributed by atoms with E-state index in [0.29, 0.717) is 35.7 Å². The van der Waals surface area contributed by atoms with Gasteiger partial charge in [-0.3, -0.25) is 5.41 Å². The Hall–Kier alpha value is -4.16. The summed E-state index contributed by atoms with van der Waals surface area (Å²) in [5, 5.41) is 17.4. The van der Waals surface area contributed by atoms with E-state index in [2.05, 4.69) is 16.0 Å². The standard InChI is InChI=1S/C29H32N6O3/c1-29(2,37-17-20-10-8-19(15-30)9-11-20)28-33-25-26(31)32-18-35(27(25)34-28)16-21-12-13-23(36-3)24(14-21)38-22-6-4-5-7-22/h8-14,18,22,31H,4-7,16-17H2,1-3H3,(H,33,34). The second-order valence-corrected chi connectivity index (χ2v) is 10.1. The fraction of sp³-hybridized carbons (Fsp3) is 0.379. The van der Waals surface area contributed by atoms with Gasteiger partial charge in [-0.05, 0) is 74.9 Å². The van der Waals surface area contributed by atoms with Crippen LogP contribution in [0.5, 0.6) is 11.5 Å². The molecule has 0 amide bonds. The number of nitrogens with zero attached hydrogens (tertiary/aromatic N) is 4. The Kier molecular flexibility index (Phi) is 7.16. The highest BCUT2D eigenvalue weighted by atomic mass is 16.5. The van der Waals surface area contributed by atoms with E-state index in [-0.39, 0.29) is 11.6 Å². The first-order valence-corrected chi connectivity index (χ1v) is 12.8. The number of aromatic amines is 1. The summed E-state index contributed by atoms with van der Waals surface area (Å²) >= 11 is 0. The van der Waals surface area contributed by atoms with Crippen LogP contribution in [0, 0.1) is 16.7 Å². The first-order valence-electron chi connectivity index (χ1n) is 12.8. The number of nitriles is 1. The van der Waals surface area contributed by atoms with Crippen LogP contribution in [-0.4, -0.2) is 32.7 Å². The molecule has 5 rings (SSSR count). The number of hydrogen-bond donors (Lipinski definition) is 2. The van der Waals surface area contributed by atoms with Crippen LogP contribution in [-0.2, 0) is 23.5 Å². The Morgan fingerprint density at radius 3 is 2.55 bits per heavy atom. The monoisotopic (exact) mass is 512 g/mol. The van der Waals surface area contributed by atoms with Crippen LogP contribution in [0.15, 0.2) is 48.8 Å². The molecule has 0 spiro atoms. The van der Waals surface area contributed by atoms with Gasteiger partial charge in [0, 0.05) is 0 Å². The van der Waals surface area contributed by atoms with Crippen LogP contribution >= 0.6 is 0 Å². The number of nitrogens with one attached hydrogen (secondary N) is 2. The molecule has 38 heavy (non-hydrogen) atoms. The molecule has 0 radical (unpaired) electrons. The molecule has 9 nitrogen and oxygen atoms in total. The molecule has 4 aromatic rings. The Balaban J connectivity index is 1.39. The molecule has 2 heterocycles. The fourth-order valence-electron chi connectivity index (χ4n) is 4.69. The molecule has 0 atom stereocenters. The van der Waals surface area contributed by atoms with E-state index in [9.17, 15) is 0 Å². The summed E-state index contributed by atoms with van der Waals surface area (Å²) in [5.41, 5.74) is 3.14. The maximum Gasteiger partial charge on any atom is 0.173 e. The predicted molar refractivity (Wildman–Crippen MR) is 142 cm³/mol. The third-order valence-electron chi connectivity index (χ3n) is 6.95. The maximum absolute atomic E-state index is 9.01. The van der Waals surface area contributed by atoms with Gasteiger partial charge in [0.05, 0.1) is 44.3 Å². The minimum atomic E-state index is -0.750. The van der Waals surface area contributed by atoms with Crippen molar-refractivity contribution in [3.63, 3.8) is 0 Å². The van der Waals surface area contributed by atoms with Crippen LogP contribution in [0.3, 0.4) is 0 Å². The Morgan fingerprint density at radius 2 is 1.84 bits per heavy atom. The van der Waals surface area contributed by atoms with Crippen molar-refractivity contribution in [3.05, 3.63) is 76.8 Å². The van der Waals surface area contributed by atoms with Crippen LogP contribution < -0.4 is 15.0 Å². The molecule has 2 aromatic carbocycles. The highest BCUT2D eigenvalue weighted by Gasteiger charge is 2.27. The first-order chi connectivity index (χ1) is 18.4. The number of hydrogen-bond acceptors (Lipinski definition) is 7. The lowest BCUT2D eigenvalue weighted by Gasteiger charge is -2.23. The molecule has 2 aromatic heterocycles. The van der Waals surface area contributed by atoms with E-state index in [4.69, 9.17) is 29.9 Å². The molecule has 1 aliphatic carbocycles. The van der Waals surface area contributed by atoms with Crippen LogP contribution in [0.1, 0.15) is 62.0 Å². The van der Waals surface area contributed by atoms with Crippen molar-refractivity contribution >= 4 is 11.2 Å². The molecule has 1 fully saturated rings. The molecular formula is C29H32N6O3. The highest BCUT2D eigenvalue weighted by Crippen LogP contribution is 2.33. The van der Waals surface area contributed by atoms with Crippen molar-refractivity contribution in [1.29, 1.82) is 10.7 Å². The van der Waals surface area contributed by atoms with Gasteiger partial charge in [0.15, 0.2) is 22.6 Å². The van der Waals surface area contributed by atoms with E-state index in [1.165, 1.54) is 12.8 Å². The zero-order chi connectivity index (χ0) is 26.7. The van der Waals surface area contributed by atoms with Gasteiger partial charge >= 0.3 is 0 Å². The van der Waals surface area contributed by atoms with Crippen LogP contribution in [0.2, 0.25) is 0 Å². The smallest absolute Gasteiger partial charge is 0.173 e. The Morgan fingerprint density at radius 1 is 1.11 bits per heavy atom. The molecule has 2 N–H and O–H groups in total. The zero-order valence-electron chi connectivity index (χ0n) is 22.0. The average Bonchev–Trinajstić information content (AvgIpc) is 3.61. The lowest BCUT2D eigenvalue weighted by atomic mass is 10.1. The van der Waals surface area contributed by atoms with Gasteiger partial charge in [0.1, 0.15) is 16.9 Å². The van der Waals surface area contributed by atoms with Crippen LogP contribution in [0.25, 0.3) is 11.2 Å². The van der Waals surface area contributed by atoms with Gasteiger partial charge < -0.3 is 23.8 Å². The van der Waals surface area contributed by atoms with E-state index >= 15 is 0 Å². The molecule has 0 bridgehead atoms. The number of ether oxygens (including phenoxy) is 3. The zero-order valence-corrected chi connectivity index (χ0v) is 22.0. The molecule has 196 valence electrons. The normalized spacial score (nSPS) is 14.1. The van der Waals surface area contributed by atoms with Crippen molar-refractivity contribution in [2.24, 2.45) is 0 Å². The molecule has 0 unspecified atom stereocenters. The van der Waals surface area contributed by atoms with Gasteiger partial charge in [-0.25, -0.2) is 9.97 Å². The molecule has 9 heteroatoms. The second-order valence-electron chi connectivity index (χ2n) is 10.1. The third kappa shape index (κ3) is 5.41. The Bertz CT molecular complexity index is 1520. The molecule has 1 saturated carbocycles. The lowest BCUT2D eigenvalue weighted by molar-refractivity contribution is -0.0393. The van der Waals surface area contributed by atoms with Crippen molar-refractivity contribution in [3.8, 4) is 17.6 Å². The summed E-state index contributed by atoms with van der Waals surface area (Å²) in [6.45, 7) is 4.74. The third-order valence-corrected chi connectivity index (χ3v) is 6.95. The van der Waals surface area contributed by atoms with Crippen molar-refractivity contribution in [2.45, 2.75) is 64.4 Å². The Labute approximate surface area is 221 Å². The van der Waals surface area contributed by atoms with Crippen molar-refractivity contribution < 1.29 is 14.2 Å². The molecule has 1 aliphatic rings. The van der Waals surface area contributed by atoms with E-state index in [0.717, 1.165) is 35.5 Å². The number of aromatic nitrogens is 4. The number of benzene rings is 2. The van der Waals surface area contributed by atoms with Crippen molar-refractivity contribution in [2.75, 3.05) is 7.11 Å². The number of imidazole rings is 1. The quantitative estimate of drug-likeness (QED) is 0.328. The minimum Gasteiger partial charge on any atom is -0.493 e. The van der Waals surface area contributed by atoms with Gasteiger partial charge in [0.2, 0.25) is 0 Å². The van der Waals surface area contributed by atoms with Crippen molar-refractivity contribution in [1.82, 2.24) is 19.5 Å². The van der Waals surface area contributed by atoms with E-state index < -0.39 is 5.60 Å². The van der Waals surface area contributed by atoms with Gasteiger partial charge in [-0.1, -0.05) is 18.2 Å². The highest BCUT2D eigenvalue weighted by molar-refractivity contribution is 5.69. The first kappa shape index (κ1) is 25.5. The SMILES string of the molecule is COc1ccc(Cn2cnc(=N)c3[nH]c(C(C)(C)OCc4ccc(C#N)cc4)nc32)cc1OC1CCCC1. The van der Waals surface area contributed by atoms with Gasteiger partial charge in [-0.15, -0.1) is 0 Å². The second kappa shape index (κ2) is 10.7. The van der Waals surface area contributed by atoms with Gasteiger partial charge in [0.25, 0.3) is 0 Å². The summed E-state index contributed by atoms with van der Waals surface area (Å²) in [7, 11) is 1.65. The molecule has 0 saturated heterocycles. The summed E-state index contributed by atoms with van der Waals surface area (Å²) < 4.78 is 19.9. The van der Waals surface area contributed by atoms with E-state index in [1.807, 2.05) is 48.7 Å². The largest absolute Gasteiger partial charge is 0.493 e. The number of rotatable bonds is 9. The number of fused-ring (bicyclic) bond motifs is 1.